The zero-order valence-electron chi connectivity index (χ0n) is 22.7. The number of epoxide rings is 1. The van der Waals surface area contributed by atoms with E-state index in [1.54, 1.807) is 32.1 Å². The number of fused-ring (bicyclic) bond motifs is 1. The van der Waals surface area contributed by atoms with Crippen LogP contribution in [0.25, 0.3) is 6.08 Å². The van der Waals surface area contributed by atoms with E-state index in [2.05, 4.69) is 18.8 Å². The summed E-state index contributed by atoms with van der Waals surface area (Å²) < 4.78 is 12.0. The Morgan fingerprint density at radius 3 is 2.58 bits per heavy atom. The molecule has 0 amide bonds. The number of ketones is 1. The minimum absolute atomic E-state index is 0.0460. The number of aromatic nitrogens is 1. The lowest BCUT2D eigenvalue weighted by molar-refractivity contribution is -0.154. The molecule has 0 spiro atoms. The number of aliphatic hydroxyl groups is 2. The van der Waals surface area contributed by atoms with Gasteiger partial charge in [-0.1, -0.05) is 41.0 Å². The number of aliphatic hydroxyl groups excluding tert-OH is 2. The van der Waals surface area contributed by atoms with Gasteiger partial charge in [0.1, 0.15) is 11.9 Å². The molecule has 1 aromatic rings. The molecule has 202 valence electrons. The monoisotopic (exact) mass is 521 g/mol. The zero-order valence-corrected chi connectivity index (χ0v) is 23.6. The fraction of sp³-hybridized carbons (Fsp3) is 0.750. The smallest absolute Gasteiger partial charge is 0.309 e. The molecule has 2 fully saturated rings. The van der Waals surface area contributed by atoms with Gasteiger partial charge in [-0.2, -0.15) is 0 Å². The summed E-state index contributed by atoms with van der Waals surface area (Å²) in [7, 11) is 0. The van der Waals surface area contributed by atoms with Crippen molar-refractivity contribution >= 4 is 29.2 Å². The first-order chi connectivity index (χ1) is 16.8. The van der Waals surface area contributed by atoms with Gasteiger partial charge in [0.25, 0.3) is 0 Å². The fourth-order valence-electron chi connectivity index (χ4n) is 5.17. The Kier molecular flexibility index (Phi) is 9.18. The molecule has 2 aliphatic heterocycles. The van der Waals surface area contributed by atoms with E-state index in [1.165, 1.54) is 0 Å². The van der Waals surface area contributed by atoms with E-state index >= 15 is 0 Å². The Balaban J connectivity index is 1.85. The SMILES string of the molecule is CCc1nc(C=C(C)C2C[C@@H]3O[C@]3(C)CCC[C@H](C)[C@H](O)[C@@H](C)C(=O)C(C)(C)[C@@H](O)CC(=O)O2)cs1. The lowest BCUT2D eigenvalue weighted by atomic mass is 9.73. The Hall–Kier alpha value is -1.61. The predicted molar refractivity (Wildman–Crippen MR) is 141 cm³/mol. The van der Waals surface area contributed by atoms with Gasteiger partial charge in [-0.3, -0.25) is 9.59 Å². The van der Waals surface area contributed by atoms with E-state index in [0.29, 0.717) is 6.42 Å². The third-order valence-electron chi connectivity index (χ3n) is 8.16. The van der Waals surface area contributed by atoms with Crippen molar-refractivity contribution in [1.29, 1.82) is 0 Å². The molecule has 1 unspecified atom stereocenters. The van der Waals surface area contributed by atoms with E-state index < -0.39 is 35.6 Å². The highest BCUT2D eigenvalue weighted by Gasteiger charge is 2.53. The number of cyclic esters (lactones) is 1. The summed E-state index contributed by atoms with van der Waals surface area (Å²) in [6.45, 7) is 13.0. The lowest BCUT2D eigenvalue weighted by Crippen LogP contribution is -2.45. The second-order valence-electron chi connectivity index (χ2n) is 11.5. The largest absolute Gasteiger partial charge is 0.458 e. The van der Waals surface area contributed by atoms with Crippen LogP contribution in [0.1, 0.15) is 91.3 Å². The summed E-state index contributed by atoms with van der Waals surface area (Å²) in [6, 6.07) is 0. The van der Waals surface area contributed by atoms with E-state index in [-0.39, 0.29) is 29.8 Å². The highest BCUT2D eigenvalue weighted by molar-refractivity contribution is 7.09. The summed E-state index contributed by atoms with van der Waals surface area (Å²) in [4.78, 5) is 30.8. The lowest BCUT2D eigenvalue weighted by Gasteiger charge is -2.34. The number of thiazole rings is 1. The number of carbonyl (C=O) groups excluding carboxylic acids is 2. The van der Waals surface area contributed by atoms with Crippen molar-refractivity contribution in [2.24, 2.45) is 17.3 Å². The highest BCUT2D eigenvalue weighted by atomic mass is 32.1. The maximum absolute atomic E-state index is 13.2. The van der Waals surface area contributed by atoms with Crippen LogP contribution >= 0.6 is 11.3 Å². The average Bonchev–Trinajstić information content (AvgIpc) is 3.23. The molecule has 7 nitrogen and oxygen atoms in total. The molecule has 8 heteroatoms. The van der Waals surface area contributed by atoms with Gasteiger partial charge in [0, 0.05) is 17.7 Å². The van der Waals surface area contributed by atoms with Crippen molar-refractivity contribution in [3.8, 4) is 0 Å². The molecule has 36 heavy (non-hydrogen) atoms. The predicted octanol–water partition coefficient (Wildman–Crippen LogP) is 4.73. The van der Waals surface area contributed by atoms with Gasteiger partial charge in [-0.25, -0.2) is 4.98 Å². The van der Waals surface area contributed by atoms with Crippen LogP contribution in [0.3, 0.4) is 0 Å². The van der Waals surface area contributed by atoms with E-state index in [9.17, 15) is 19.8 Å². The maximum atomic E-state index is 13.2. The third kappa shape index (κ3) is 6.63. The molecule has 0 aromatic carbocycles. The third-order valence-corrected chi connectivity index (χ3v) is 9.17. The molecule has 0 bridgehead atoms. The fourth-order valence-corrected chi connectivity index (χ4v) is 5.88. The van der Waals surface area contributed by atoms with Gasteiger partial charge in [-0.05, 0) is 50.7 Å². The number of esters is 1. The first-order valence-electron chi connectivity index (χ1n) is 13.2. The molecular weight excluding hydrogens is 478 g/mol. The quantitative estimate of drug-likeness (QED) is 0.437. The highest BCUT2D eigenvalue weighted by Crippen LogP contribution is 2.45. The second-order valence-corrected chi connectivity index (χ2v) is 12.4. The number of Topliss-reactive ketones (excluding diaryl/α,β-unsaturated/α-hetero) is 1. The molecule has 0 radical (unpaired) electrons. The number of rotatable bonds is 3. The van der Waals surface area contributed by atoms with Crippen molar-refractivity contribution < 1.29 is 29.3 Å². The summed E-state index contributed by atoms with van der Waals surface area (Å²) in [5.74, 6) is -1.54. The number of carbonyl (C=O) groups is 2. The molecule has 2 aliphatic rings. The molecule has 7 atom stereocenters. The van der Waals surface area contributed by atoms with Crippen LogP contribution in [0.4, 0.5) is 0 Å². The Labute approximate surface area is 219 Å². The molecule has 0 saturated carbocycles. The Morgan fingerprint density at radius 2 is 1.94 bits per heavy atom. The van der Waals surface area contributed by atoms with Gasteiger partial charge < -0.3 is 19.7 Å². The number of ether oxygens (including phenoxy) is 2. The molecule has 0 aliphatic carbocycles. The summed E-state index contributed by atoms with van der Waals surface area (Å²) in [5, 5.41) is 24.8. The Morgan fingerprint density at radius 1 is 1.25 bits per heavy atom. The molecule has 1 aromatic heterocycles. The van der Waals surface area contributed by atoms with E-state index in [0.717, 1.165) is 42.0 Å². The molecule has 3 heterocycles. The van der Waals surface area contributed by atoms with Crippen molar-refractivity contribution in [3.05, 3.63) is 21.7 Å². The number of hydrogen-bond donors (Lipinski definition) is 2. The van der Waals surface area contributed by atoms with E-state index in [4.69, 9.17) is 9.47 Å². The average molecular weight is 522 g/mol. The van der Waals surface area contributed by atoms with Crippen LogP contribution in [0.15, 0.2) is 11.0 Å². The van der Waals surface area contributed by atoms with Gasteiger partial charge in [0.15, 0.2) is 0 Å². The van der Waals surface area contributed by atoms with Crippen LogP contribution in [0.2, 0.25) is 0 Å². The number of nitrogens with zero attached hydrogens (tertiary/aromatic N) is 1. The minimum Gasteiger partial charge on any atom is -0.458 e. The first kappa shape index (κ1) is 29.0. The first-order valence-corrected chi connectivity index (χ1v) is 14.1. The summed E-state index contributed by atoms with van der Waals surface area (Å²) in [5.41, 5.74) is 0.202. The van der Waals surface area contributed by atoms with Crippen molar-refractivity contribution in [1.82, 2.24) is 4.98 Å². The summed E-state index contributed by atoms with van der Waals surface area (Å²) in [6.07, 6.45) is 2.87. The van der Waals surface area contributed by atoms with Crippen LogP contribution < -0.4 is 0 Å². The molecule has 2 N–H and O–H groups in total. The van der Waals surface area contributed by atoms with Gasteiger partial charge >= 0.3 is 5.97 Å². The zero-order chi connectivity index (χ0) is 26.8. The molecular formula is C28H43NO6S. The molecule has 2 saturated heterocycles. The maximum Gasteiger partial charge on any atom is 0.309 e. The van der Waals surface area contributed by atoms with Gasteiger partial charge in [0.05, 0.1) is 46.5 Å². The number of aryl methyl sites for hydroxylation is 1. The van der Waals surface area contributed by atoms with Gasteiger partial charge in [-0.15, -0.1) is 11.3 Å². The van der Waals surface area contributed by atoms with Crippen molar-refractivity contribution in [2.45, 2.75) is 117 Å². The Bertz CT molecular complexity index is 971. The van der Waals surface area contributed by atoms with Crippen molar-refractivity contribution in [3.63, 3.8) is 0 Å². The van der Waals surface area contributed by atoms with Gasteiger partial charge in [0.2, 0.25) is 0 Å². The molecule has 3 rings (SSSR count). The topological polar surface area (TPSA) is 109 Å². The standard InChI is InChI=1S/C28H43NO6S/c1-8-23-29-19(15-36-23)12-17(3)20-13-22-28(7,35-22)11-9-10-16(2)25(32)18(4)26(33)27(5,6)21(30)14-24(31)34-20/h12,15-16,18,20-22,25,30,32H,8-11,13-14H2,1-7H3/t16-,18+,20?,21-,22-,25-,28+/m0/s1. The van der Waals surface area contributed by atoms with Crippen LogP contribution in [-0.2, 0) is 25.5 Å². The second kappa shape index (κ2) is 11.4. The number of hydrogen-bond acceptors (Lipinski definition) is 8. The minimum atomic E-state index is -1.23. The van der Waals surface area contributed by atoms with Crippen LogP contribution in [0.5, 0.6) is 0 Å². The van der Waals surface area contributed by atoms with Crippen molar-refractivity contribution in [2.75, 3.05) is 0 Å². The van der Waals surface area contributed by atoms with E-state index in [1.807, 2.05) is 25.3 Å². The normalized spacial score (nSPS) is 36.8. The van der Waals surface area contributed by atoms with Crippen LogP contribution in [0, 0.1) is 17.3 Å². The summed E-state index contributed by atoms with van der Waals surface area (Å²) >= 11 is 1.60. The van der Waals surface area contributed by atoms with Crippen LogP contribution in [-0.4, -0.2) is 57.0 Å².